The number of halogens is 1. The van der Waals surface area contributed by atoms with Gasteiger partial charge >= 0.3 is 6.03 Å². The van der Waals surface area contributed by atoms with E-state index < -0.39 is 21.9 Å². The van der Waals surface area contributed by atoms with Gasteiger partial charge in [-0.15, -0.1) is 0 Å². The van der Waals surface area contributed by atoms with Gasteiger partial charge in [-0.3, -0.25) is 4.90 Å². The number of aromatic nitrogens is 2. The number of hydrogen-bond acceptors (Lipinski definition) is 8. The molecule has 0 spiro atoms. The number of rotatable bonds is 5. The molecule has 0 atom stereocenters. The van der Waals surface area contributed by atoms with Gasteiger partial charge in [-0.2, -0.15) is 4.98 Å². The lowest BCUT2D eigenvalue weighted by Gasteiger charge is -2.31. The van der Waals surface area contributed by atoms with E-state index in [1.807, 2.05) is 0 Å². The van der Waals surface area contributed by atoms with Crippen molar-refractivity contribution >= 4 is 39.0 Å². The highest BCUT2D eigenvalue weighted by molar-refractivity contribution is 7.89. The SMILES string of the molecule is COc1nc2ncc3c(c2cc1F)N(Cc1ccc(S(N)(=O)=O)c(/C=N/O)c1)C(=O)NC3. The molecule has 4 N–H and O–H groups in total. The zero-order valence-electron chi connectivity index (χ0n) is 16.6. The Morgan fingerprint density at radius 1 is 1.41 bits per heavy atom. The number of oxime groups is 1. The van der Waals surface area contributed by atoms with E-state index in [1.165, 1.54) is 42.5 Å². The summed E-state index contributed by atoms with van der Waals surface area (Å²) in [6.07, 6.45) is 2.46. The summed E-state index contributed by atoms with van der Waals surface area (Å²) in [7, 11) is -2.78. The molecule has 0 unspecified atom stereocenters. The number of pyridine rings is 2. The summed E-state index contributed by atoms with van der Waals surface area (Å²) in [5.74, 6) is -0.927. The average Bonchev–Trinajstić information content (AvgIpc) is 2.74. The molecule has 0 saturated heterocycles. The Balaban J connectivity index is 1.83. The quantitative estimate of drug-likeness (QED) is 0.295. The first-order valence-corrected chi connectivity index (χ1v) is 10.7. The predicted octanol–water partition coefficient (Wildman–Crippen LogP) is 1.46. The monoisotopic (exact) mass is 460 g/mol. The highest BCUT2D eigenvalue weighted by Crippen LogP contribution is 2.34. The van der Waals surface area contributed by atoms with E-state index in [1.54, 1.807) is 0 Å². The number of amides is 2. The Labute approximate surface area is 181 Å². The second-order valence-corrected chi connectivity index (χ2v) is 8.42. The van der Waals surface area contributed by atoms with Gasteiger partial charge in [0.2, 0.25) is 10.0 Å². The van der Waals surface area contributed by atoms with Gasteiger partial charge in [0, 0.05) is 29.3 Å². The smallest absolute Gasteiger partial charge is 0.322 e. The Hall–Kier alpha value is -3.84. The molecule has 3 aromatic rings. The van der Waals surface area contributed by atoms with Crippen LogP contribution < -0.4 is 20.1 Å². The van der Waals surface area contributed by atoms with Crippen LogP contribution in [0.4, 0.5) is 14.9 Å². The maximum absolute atomic E-state index is 14.4. The number of carbonyl (C=O) groups excluding carboxylic acids is 1. The molecule has 11 nitrogen and oxygen atoms in total. The number of nitrogens with one attached hydrogen (secondary N) is 1. The fourth-order valence-corrected chi connectivity index (χ4v) is 4.22. The summed E-state index contributed by atoms with van der Waals surface area (Å²) < 4.78 is 42.9. The third-order valence-corrected chi connectivity index (χ3v) is 5.87. The standard InChI is InChI=1S/C19H17FN6O5S/c1-31-18-14(20)5-13-16-12(6-22-17(13)25-18)7-23-19(27)26(16)9-10-2-3-15(32(21,29)30)11(4-10)8-24-28/h2-6,8,28H,7,9H2,1H3,(H,23,27)(H2,21,29,30)/b24-8+. The molecule has 1 aliphatic heterocycles. The van der Waals surface area contributed by atoms with Crippen molar-refractivity contribution in [1.82, 2.24) is 15.3 Å². The Morgan fingerprint density at radius 3 is 2.88 bits per heavy atom. The summed E-state index contributed by atoms with van der Waals surface area (Å²) >= 11 is 0. The van der Waals surface area contributed by atoms with E-state index in [4.69, 9.17) is 15.1 Å². The maximum atomic E-state index is 14.4. The number of anilines is 1. The number of benzene rings is 1. The first-order valence-electron chi connectivity index (χ1n) is 9.13. The van der Waals surface area contributed by atoms with Crippen LogP contribution >= 0.6 is 0 Å². The van der Waals surface area contributed by atoms with Crippen molar-refractivity contribution in [2.45, 2.75) is 18.0 Å². The van der Waals surface area contributed by atoms with Crippen molar-refractivity contribution in [3.05, 3.63) is 53.0 Å². The average molecular weight is 460 g/mol. The molecule has 0 aliphatic carbocycles. The minimum Gasteiger partial charge on any atom is -0.479 e. The van der Waals surface area contributed by atoms with Crippen LogP contribution in [0.5, 0.6) is 5.88 Å². The molecule has 2 amide bonds. The topological polar surface area (TPSA) is 160 Å². The van der Waals surface area contributed by atoms with E-state index in [0.717, 1.165) is 6.21 Å². The van der Waals surface area contributed by atoms with Crippen molar-refractivity contribution in [1.29, 1.82) is 0 Å². The lowest BCUT2D eigenvalue weighted by atomic mass is 10.1. The van der Waals surface area contributed by atoms with Crippen LogP contribution in [0.15, 0.2) is 40.5 Å². The van der Waals surface area contributed by atoms with Crippen LogP contribution in [0.1, 0.15) is 16.7 Å². The summed E-state index contributed by atoms with van der Waals surface area (Å²) in [5, 5.41) is 20.0. The number of ether oxygens (including phenoxy) is 1. The molecule has 1 aliphatic rings. The van der Waals surface area contributed by atoms with Crippen LogP contribution in [0.25, 0.3) is 11.0 Å². The zero-order chi connectivity index (χ0) is 23.0. The Bertz CT molecular complexity index is 1380. The number of sulfonamides is 1. The molecular weight excluding hydrogens is 443 g/mol. The number of carbonyl (C=O) groups is 1. The summed E-state index contributed by atoms with van der Waals surface area (Å²) in [6.45, 7) is 0.177. The molecule has 0 fully saturated rings. The Kier molecular flexibility index (Phi) is 5.36. The molecule has 0 radical (unpaired) electrons. The third-order valence-electron chi connectivity index (χ3n) is 4.88. The van der Waals surface area contributed by atoms with Crippen molar-refractivity contribution in [2.24, 2.45) is 10.3 Å². The number of primary sulfonamides is 1. The van der Waals surface area contributed by atoms with E-state index in [-0.39, 0.29) is 35.1 Å². The number of urea groups is 1. The van der Waals surface area contributed by atoms with Crippen LogP contribution in [-0.4, -0.2) is 42.9 Å². The molecule has 3 heterocycles. The lowest BCUT2D eigenvalue weighted by molar-refractivity contribution is 0.244. The normalized spacial score (nSPS) is 14.0. The van der Waals surface area contributed by atoms with E-state index in [0.29, 0.717) is 22.2 Å². The molecule has 32 heavy (non-hydrogen) atoms. The second kappa shape index (κ2) is 8.01. The van der Waals surface area contributed by atoms with Crippen molar-refractivity contribution in [3.8, 4) is 5.88 Å². The fourth-order valence-electron chi connectivity index (χ4n) is 3.52. The van der Waals surface area contributed by atoms with Gasteiger partial charge in [0.15, 0.2) is 11.5 Å². The van der Waals surface area contributed by atoms with Gasteiger partial charge < -0.3 is 15.3 Å². The zero-order valence-corrected chi connectivity index (χ0v) is 17.4. The molecule has 2 aromatic heterocycles. The summed E-state index contributed by atoms with van der Waals surface area (Å²) in [5.41, 5.74) is 1.80. The highest BCUT2D eigenvalue weighted by Gasteiger charge is 2.28. The molecular formula is C19H17FN6O5S. The first kappa shape index (κ1) is 21.4. The molecule has 13 heteroatoms. The Morgan fingerprint density at radius 2 is 2.19 bits per heavy atom. The molecule has 4 rings (SSSR count). The number of hydrogen-bond donors (Lipinski definition) is 3. The minimum absolute atomic E-state index is 0.0111. The predicted molar refractivity (Wildman–Crippen MR) is 112 cm³/mol. The minimum atomic E-state index is -4.07. The number of nitrogens with zero attached hydrogens (tertiary/aromatic N) is 4. The number of methoxy groups -OCH3 is 1. The van der Waals surface area contributed by atoms with Gasteiger partial charge in [-0.1, -0.05) is 11.2 Å². The molecule has 166 valence electrons. The lowest BCUT2D eigenvalue weighted by Crippen LogP contribution is -2.44. The largest absolute Gasteiger partial charge is 0.479 e. The summed E-state index contributed by atoms with van der Waals surface area (Å²) in [6, 6.07) is 4.90. The highest BCUT2D eigenvalue weighted by atomic mass is 32.2. The van der Waals surface area contributed by atoms with E-state index in [9.17, 15) is 17.6 Å². The fraction of sp³-hybridized carbons (Fsp3) is 0.158. The van der Waals surface area contributed by atoms with Gasteiger partial charge in [0.1, 0.15) is 0 Å². The maximum Gasteiger partial charge on any atom is 0.322 e. The summed E-state index contributed by atoms with van der Waals surface area (Å²) in [4.78, 5) is 22.1. The van der Waals surface area contributed by atoms with Crippen LogP contribution in [0.3, 0.4) is 0 Å². The van der Waals surface area contributed by atoms with Crippen molar-refractivity contribution in [2.75, 3.05) is 12.0 Å². The van der Waals surface area contributed by atoms with E-state index >= 15 is 0 Å². The van der Waals surface area contributed by atoms with Crippen LogP contribution in [-0.2, 0) is 23.1 Å². The number of nitrogens with two attached hydrogens (primary N) is 1. The van der Waals surface area contributed by atoms with E-state index in [2.05, 4.69) is 20.4 Å². The van der Waals surface area contributed by atoms with Gasteiger partial charge in [0.25, 0.3) is 5.88 Å². The van der Waals surface area contributed by atoms with Crippen molar-refractivity contribution in [3.63, 3.8) is 0 Å². The second-order valence-electron chi connectivity index (χ2n) is 6.89. The van der Waals surface area contributed by atoms with Crippen LogP contribution in [0, 0.1) is 5.82 Å². The van der Waals surface area contributed by atoms with Gasteiger partial charge in [-0.25, -0.2) is 27.7 Å². The molecule has 1 aromatic carbocycles. The van der Waals surface area contributed by atoms with Gasteiger partial charge in [-0.05, 0) is 23.8 Å². The first-order chi connectivity index (χ1) is 15.2. The molecule has 0 saturated carbocycles. The van der Waals surface area contributed by atoms with Crippen LogP contribution in [0.2, 0.25) is 0 Å². The number of fused-ring (bicyclic) bond motifs is 3. The third kappa shape index (κ3) is 3.78. The van der Waals surface area contributed by atoms with Gasteiger partial charge in [0.05, 0.1) is 30.5 Å². The molecule has 0 bridgehead atoms. The van der Waals surface area contributed by atoms with Crippen molar-refractivity contribution < 1.29 is 27.5 Å².